The zero-order chi connectivity index (χ0) is 16.2. The van der Waals surface area contributed by atoms with Crippen molar-refractivity contribution in [3.05, 3.63) is 36.7 Å². The summed E-state index contributed by atoms with van der Waals surface area (Å²) in [5.41, 5.74) is 0.456. The Kier molecular flexibility index (Phi) is 4.40. The molecule has 1 aromatic carbocycles. The number of carbonyl (C=O) groups excluding carboxylic acids is 1. The van der Waals surface area contributed by atoms with Crippen LogP contribution < -0.4 is 10.1 Å². The molecule has 0 spiro atoms. The average Bonchev–Trinajstić information content (AvgIpc) is 3.11. The van der Waals surface area contributed by atoms with Crippen molar-refractivity contribution in [3.8, 4) is 5.75 Å². The van der Waals surface area contributed by atoms with Crippen LogP contribution in [0.1, 0.15) is 18.9 Å². The van der Waals surface area contributed by atoms with E-state index in [0.717, 1.165) is 12.8 Å². The third kappa shape index (κ3) is 3.41. The van der Waals surface area contributed by atoms with E-state index in [0.29, 0.717) is 24.5 Å². The summed E-state index contributed by atoms with van der Waals surface area (Å²) in [5.74, 6) is -0.107. The first kappa shape index (κ1) is 15.3. The predicted octanol–water partition coefficient (Wildman–Crippen LogP) is 2.29. The largest absolute Gasteiger partial charge is 0.494 e. The van der Waals surface area contributed by atoms with Gasteiger partial charge in [0.15, 0.2) is 0 Å². The standard InChI is InChI=1S/C15H18FN5O2/c1-23-14-8-11(16)2-3-13(14)19-15(22)20-6-4-12(5-7-20)21-10-17-9-18-21/h2-3,8-10,12H,4-7H2,1H3,(H,19,22). The molecule has 23 heavy (non-hydrogen) atoms. The van der Waals surface area contributed by atoms with Crippen LogP contribution in [0.2, 0.25) is 0 Å². The Balaban J connectivity index is 1.60. The van der Waals surface area contributed by atoms with E-state index in [2.05, 4.69) is 15.4 Å². The van der Waals surface area contributed by atoms with Crippen LogP contribution in [0.5, 0.6) is 5.75 Å². The lowest BCUT2D eigenvalue weighted by Gasteiger charge is -2.32. The lowest BCUT2D eigenvalue weighted by Crippen LogP contribution is -2.41. The Morgan fingerprint density at radius 3 is 2.83 bits per heavy atom. The van der Waals surface area contributed by atoms with Crippen molar-refractivity contribution in [1.82, 2.24) is 19.7 Å². The molecule has 0 radical (unpaired) electrons. The van der Waals surface area contributed by atoms with Crippen LogP contribution >= 0.6 is 0 Å². The van der Waals surface area contributed by atoms with Crippen molar-refractivity contribution in [1.29, 1.82) is 0 Å². The highest BCUT2D eigenvalue weighted by Gasteiger charge is 2.24. The number of nitrogens with zero attached hydrogens (tertiary/aromatic N) is 4. The van der Waals surface area contributed by atoms with E-state index in [9.17, 15) is 9.18 Å². The van der Waals surface area contributed by atoms with Gasteiger partial charge in [0.2, 0.25) is 0 Å². The molecular formula is C15H18FN5O2. The summed E-state index contributed by atoms with van der Waals surface area (Å²) in [5, 5.41) is 6.91. The molecule has 7 nitrogen and oxygen atoms in total. The van der Waals surface area contributed by atoms with Gasteiger partial charge >= 0.3 is 6.03 Å². The molecule has 2 aromatic rings. The number of likely N-dealkylation sites (tertiary alicyclic amines) is 1. The second-order valence-electron chi connectivity index (χ2n) is 5.37. The molecule has 0 aliphatic carbocycles. The molecule has 8 heteroatoms. The summed E-state index contributed by atoms with van der Waals surface area (Å²) in [4.78, 5) is 18.0. The van der Waals surface area contributed by atoms with Gasteiger partial charge in [-0.2, -0.15) is 5.10 Å². The van der Waals surface area contributed by atoms with Gasteiger partial charge in [-0.3, -0.25) is 0 Å². The Labute approximate surface area is 133 Å². The number of methoxy groups -OCH3 is 1. The van der Waals surface area contributed by atoms with Crippen molar-refractivity contribution in [2.45, 2.75) is 18.9 Å². The fraction of sp³-hybridized carbons (Fsp3) is 0.400. The van der Waals surface area contributed by atoms with Crippen LogP contribution in [0.4, 0.5) is 14.9 Å². The van der Waals surface area contributed by atoms with E-state index < -0.39 is 5.82 Å². The highest BCUT2D eigenvalue weighted by atomic mass is 19.1. The number of carbonyl (C=O) groups is 1. The molecule has 1 aliphatic heterocycles. The summed E-state index contributed by atoms with van der Waals surface area (Å²) in [6, 6.07) is 4.07. The number of rotatable bonds is 3. The van der Waals surface area contributed by atoms with E-state index in [-0.39, 0.29) is 12.1 Å². The van der Waals surface area contributed by atoms with Crippen LogP contribution in [0.25, 0.3) is 0 Å². The van der Waals surface area contributed by atoms with E-state index in [1.807, 2.05) is 4.68 Å². The maximum Gasteiger partial charge on any atom is 0.321 e. The number of nitrogens with one attached hydrogen (secondary N) is 1. The van der Waals surface area contributed by atoms with Crippen LogP contribution in [0.3, 0.4) is 0 Å². The number of anilines is 1. The predicted molar refractivity (Wildman–Crippen MR) is 81.8 cm³/mol. The van der Waals surface area contributed by atoms with Crippen molar-refractivity contribution < 1.29 is 13.9 Å². The van der Waals surface area contributed by atoms with Crippen molar-refractivity contribution >= 4 is 11.7 Å². The maximum atomic E-state index is 13.2. The molecule has 1 N–H and O–H groups in total. The van der Waals surface area contributed by atoms with Gasteiger partial charge in [0.05, 0.1) is 18.8 Å². The lowest BCUT2D eigenvalue weighted by molar-refractivity contribution is 0.180. The third-order valence-corrected chi connectivity index (χ3v) is 3.97. The summed E-state index contributed by atoms with van der Waals surface area (Å²) in [6.07, 6.45) is 4.85. The molecule has 0 bridgehead atoms. The van der Waals surface area contributed by atoms with E-state index in [1.165, 1.54) is 31.6 Å². The van der Waals surface area contributed by atoms with Gasteiger partial charge in [0.1, 0.15) is 24.2 Å². The van der Waals surface area contributed by atoms with Gasteiger partial charge in [-0.25, -0.2) is 18.9 Å². The SMILES string of the molecule is COc1cc(F)ccc1NC(=O)N1CCC(n2cncn2)CC1. The number of benzene rings is 1. The number of hydrogen-bond donors (Lipinski definition) is 1. The second kappa shape index (κ2) is 6.64. The van der Waals surface area contributed by atoms with Gasteiger partial charge in [-0.05, 0) is 25.0 Å². The molecule has 3 rings (SSSR count). The summed E-state index contributed by atoms with van der Waals surface area (Å²) >= 11 is 0. The number of amides is 2. The van der Waals surface area contributed by atoms with Gasteiger partial charge in [0.25, 0.3) is 0 Å². The van der Waals surface area contributed by atoms with Gasteiger partial charge in [-0.1, -0.05) is 0 Å². The van der Waals surface area contributed by atoms with Crippen molar-refractivity contribution in [2.24, 2.45) is 0 Å². The molecule has 122 valence electrons. The first-order valence-electron chi connectivity index (χ1n) is 7.41. The van der Waals surface area contributed by atoms with Crippen LogP contribution in [0, 0.1) is 5.82 Å². The Morgan fingerprint density at radius 1 is 1.39 bits per heavy atom. The highest BCUT2D eigenvalue weighted by Crippen LogP contribution is 2.26. The summed E-state index contributed by atoms with van der Waals surface area (Å²) < 4.78 is 20.1. The van der Waals surface area contributed by atoms with Crippen molar-refractivity contribution in [3.63, 3.8) is 0 Å². The van der Waals surface area contributed by atoms with Crippen LogP contribution in [-0.4, -0.2) is 45.9 Å². The van der Waals surface area contributed by atoms with E-state index in [4.69, 9.17) is 4.74 Å². The number of aromatic nitrogens is 3. The zero-order valence-electron chi connectivity index (χ0n) is 12.8. The van der Waals surface area contributed by atoms with Gasteiger partial charge in [-0.15, -0.1) is 0 Å². The number of piperidine rings is 1. The monoisotopic (exact) mass is 319 g/mol. The zero-order valence-corrected chi connectivity index (χ0v) is 12.8. The smallest absolute Gasteiger partial charge is 0.321 e. The first-order chi connectivity index (χ1) is 11.2. The normalized spacial score (nSPS) is 15.5. The fourth-order valence-corrected chi connectivity index (χ4v) is 2.70. The quantitative estimate of drug-likeness (QED) is 0.942. The molecule has 1 saturated heterocycles. The van der Waals surface area contributed by atoms with Crippen LogP contribution in [0.15, 0.2) is 30.9 Å². The first-order valence-corrected chi connectivity index (χ1v) is 7.41. The molecule has 0 unspecified atom stereocenters. The molecular weight excluding hydrogens is 301 g/mol. The van der Waals surface area contributed by atoms with Crippen LogP contribution in [-0.2, 0) is 0 Å². The average molecular weight is 319 g/mol. The summed E-state index contributed by atoms with van der Waals surface area (Å²) in [6.45, 7) is 1.25. The topological polar surface area (TPSA) is 72.3 Å². The molecule has 0 saturated carbocycles. The molecule has 1 aromatic heterocycles. The number of urea groups is 1. The second-order valence-corrected chi connectivity index (χ2v) is 5.37. The molecule has 2 heterocycles. The number of halogens is 1. The van der Waals surface area contributed by atoms with Gasteiger partial charge < -0.3 is 15.0 Å². The minimum Gasteiger partial charge on any atom is -0.494 e. The number of ether oxygens (including phenoxy) is 1. The molecule has 1 fully saturated rings. The molecule has 0 atom stereocenters. The van der Waals surface area contributed by atoms with E-state index >= 15 is 0 Å². The Bertz CT molecular complexity index is 669. The molecule has 1 aliphatic rings. The minimum atomic E-state index is -0.409. The fourth-order valence-electron chi connectivity index (χ4n) is 2.70. The Hall–Kier alpha value is -2.64. The summed E-state index contributed by atoms with van der Waals surface area (Å²) in [7, 11) is 1.44. The molecule has 2 amide bonds. The Morgan fingerprint density at radius 2 is 2.17 bits per heavy atom. The van der Waals surface area contributed by atoms with E-state index in [1.54, 1.807) is 11.2 Å². The van der Waals surface area contributed by atoms with Gasteiger partial charge in [0, 0.05) is 19.2 Å². The lowest BCUT2D eigenvalue weighted by atomic mass is 10.1. The number of hydrogen-bond acceptors (Lipinski definition) is 4. The van der Waals surface area contributed by atoms with Crippen molar-refractivity contribution in [2.75, 3.05) is 25.5 Å². The third-order valence-electron chi connectivity index (χ3n) is 3.97. The highest BCUT2D eigenvalue weighted by molar-refractivity contribution is 5.91. The maximum absolute atomic E-state index is 13.2. The minimum absolute atomic E-state index is 0.216.